The van der Waals surface area contributed by atoms with E-state index in [2.05, 4.69) is 145 Å². The standard InChI is InChI=1S/C44H27N3/c45-27-29-23-24-46-41(25-29)40-22-20-31(28-47-40)37-26-39-43(36-18-10-9-17-35(36)37)42-34-16-8-7-11-30(34)19-21-38(42)44(39,32-12-3-1-4-13-32)33-14-5-2-6-15-33/h1-26,28H. The molecule has 0 fully saturated rings. The number of hydrogen-bond acceptors (Lipinski definition) is 3. The van der Waals surface area contributed by atoms with Crippen LogP contribution in [0.3, 0.4) is 0 Å². The lowest BCUT2D eigenvalue weighted by atomic mass is 9.67. The molecule has 0 saturated carbocycles. The molecule has 1 aliphatic carbocycles. The number of hydrogen-bond donors (Lipinski definition) is 0. The van der Waals surface area contributed by atoms with Gasteiger partial charge in [0.15, 0.2) is 0 Å². The van der Waals surface area contributed by atoms with E-state index in [1.54, 1.807) is 18.3 Å². The van der Waals surface area contributed by atoms with Crippen molar-refractivity contribution in [3.63, 3.8) is 0 Å². The molecule has 0 radical (unpaired) electrons. The molecule has 2 aromatic heterocycles. The second kappa shape index (κ2) is 10.6. The second-order valence-electron chi connectivity index (χ2n) is 12.1. The van der Waals surface area contributed by atoms with Crippen molar-refractivity contribution < 1.29 is 0 Å². The van der Waals surface area contributed by atoms with E-state index in [1.807, 2.05) is 12.3 Å². The van der Waals surface area contributed by atoms with Crippen molar-refractivity contribution in [2.24, 2.45) is 0 Å². The summed E-state index contributed by atoms with van der Waals surface area (Å²) in [7, 11) is 0. The van der Waals surface area contributed by atoms with Crippen molar-refractivity contribution in [1.82, 2.24) is 9.97 Å². The summed E-state index contributed by atoms with van der Waals surface area (Å²) in [6.07, 6.45) is 3.60. The molecule has 0 spiro atoms. The molecule has 9 rings (SSSR count). The van der Waals surface area contributed by atoms with Crippen LogP contribution in [0.15, 0.2) is 164 Å². The predicted octanol–water partition coefficient (Wildman–Crippen LogP) is 10.4. The summed E-state index contributed by atoms with van der Waals surface area (Å²) in [5, 5.41) is 14.3. The van der Waals surface area contributed by atoms with Gasteiger partial charge >= 0.3 is 0 Å². The monoisotopic (exact) mass is 597 g/mol. The van der Waals surface area contributed by atoms with Crippen molar-refractivity contribution in [1.29, 1.82) is 5.26 Å². The molecule has 0 aliphatic heterocycles. The van der Waals surface area contributed by atoms with Crippen LogP contribution in [0.5, 0.6) is 0 Å². The van der Waals surface area contributed by atoms with Gasteiger partial charge in [-0.25, -0.2) is 0 Å². The summed E-state index contributed by atoms with van der Waals surface area (Å²) >= 11 is 0. The molecule has 0 atom stereocenters. The van der Waals surface area contributed by atoms with E-state index in [4.69, 9.17) is 4.98 Å². The normalized spacial score (nSPS) is 12.8. The molecule has 0 bridgehead atoms. The molecule has 0 unspecified atom stereocenters. The van der Waals surface area contributed by atoms with Crippen LogP contribution in [0.1, 0.15) is 27.8 Å². The van der Waals surface area contributed by atoms with Crippen LogP contribution in [0.4, 0.5) is 0 Å². The summed E-state index contributed by atoms with van der Waals surface area (Å²) in [5.41, 5.74) is 11.2. The molecule has 0 saturated heterocycles. The van der Waals surface area contributed by atoms with Crippen molar-refractivity contribution in [2.45, 2.75) is 5.41 Å². The lowest BCUT2D eigenvalue weighted by Crippen LogP contribution is -2.28. The van der Waals surface area contributed by atoms with Crippen molar-refractivity contribution >= 4 is 21.5 Å². The smallest absolute Gasteiger partial charge is 0.0992 e. The second-order valence-corrected chi connectivity index (χ2v) is 12.1. The highest BCUT2D eigenvalue weighted by Gasteiger charge is 2.47. The van der Waals surface area contributed by atoms with Crippen LogP contribution in [-0.4, -0.2) is 9.97 Å². The Kier molecular flexibility index (Phi) is 6.10. The Labute approximate surface area is 273 Å². The Morgan fingerprint density at radius 2 is 1.17 bits per heavy atom. The van der Waals surface area contributed by atoms with E-state index in [-0.39, 0.29) is 0 Å². The molecule has 0 amide bonds. The Morgan fingerprint density at radius 1 is 0.511 bits per heavy atom. The van der Waals surface area contributed by atoms with Gasteiger partial charge in [0, 0.05) is 18.0 Å². The Bertz CT molecular complexity index is 2470. The minimum absolute atomic E-state index is 0.537. The molecule has 1 aliphatic rings. The average Bonchev–Trinajstić information content (AvgIpc) is 3.47. The first-order valence-electron chi connectivity index (χ1n) is 15.8. The summed E-state index contributed by atoms with van der Waals surface area (Å²) in [6.45, 7) is 0. The first kappa shape index (κ1) is 27.0. The van der Waals surface area contributed by atoms with E-state index in [0.717, 1.165) is 16.8 Å². The summed E-state index contributed by atoms with van der Waals surface area (Å²) < 4.78 is 0. The van der Waals surface area contributed by atoms with Gasteiger partial charge in [0.05, 0.1) is 28.4 Å². The zero-order valence-corrected chi connectivity index (χ0v) is 25.4. The lowest BCUT2D eigenvalue weighted by molar-refractivity contribution is 0.770. The number of nitrogens with zero attached hydrogens (tertiary/aromatic N) is 3. The van der Waals surface area contributed by atoms with Gasteiger partial charge in [0.1, 0.15) is 0 Å². The fourth-order valence-electron chi connectivity index (χ4n) is 7.69. The topological polar surface area (TPSA) is 49.6 Å². The number of pyridine rings is 2. The molecule has 3 nitrogen and oxygen atoms in total. The Hall–Kier alpha value is -6.37. The Balaban J connectivity index is 1.39. The SMILES string of the molecule is N#Cc1ccnc(-c2ccc(-c3cc4c(c5ccccc35)-c3c(ccc5ccccc35)C4(c3ccccc3)c3ccccc3)cn2)c1. The maximum atomic E-state index is 9.41. The molecule has 3 heteroatoms. The molecule has 0 N–H and O–H groups in total. The third-order valence-corrected chi connectivity index (χ3v) is 9.67. The van der Waals surface area contributed by atoms with Gasteiger partial charge in [-0.15, -0.1) is 0 Å². The van der Waals surface area contributed by atoms with E-state index < -0.39 is 5.41 Å². The quantitative estimate of drug-likeness (QED) is 0.203. The van der Waals surface area contributed by atoms with Crippen LogP contribution in [0, 0.1) is 11.3 Å². The minimum atomic E-state index is -0.537. The van der Waals surface area contributed by atoms with Gasteiger partial charge in [0.25, 0.3) is 0 Å². The molecule has 218 valence electrons. The van der Waals surface area contributed by atoms with Crippen LogP contribution in [0.25, 0.3) is 55.2 Å². The summed E-state index contributed by atoms with van der Waals surface area (Å²) in [5.74, 6) is 0. The van der Waals surface area contributed by atoms with Crippen molar-refractivity contribution in [3.8, 4) is 39.7 Å². The van der Waals surface area contributed by atoms with Crippen LogP contribution in [-0.2, 0) is 5.41 Å². The summed E-state index contributed by atoms with van der Waals surface area (Å²) in [4.78, 5) is 9.34. The zero-order valence-electron chi connectivity index (χ0n) is 25.4. The molecular weight excluding hydrogens is 571 g/mol. The molecule has 8 aromatic rings. The maximum Gasteiger partial charge on any atom is 0.0992 e. The van der Waals surface area contributed by atoms with Crippen molar-refractivity contribution in [3.05, 3.63) is 192 Å². The fourth-order valence-corrected chi connectivity index (χ4v) is 7.69. The van der Waals surface area contributed by atoms with Crippen LogP contribution < -0.4 is 0 Å². The molecule has 2 heterocycles. The summed E-state index contributed by atoms with van der Waals surface area (Å²) in [6, 6.07) is 56.3. The third kappa shape index (κ3) is 3.99. The van der Waals surface area contributed by atoms with Gasteiger partial charge in [-0.2, -0.15) is 5.26 Å². The van der Waals surface area contributed by atoms with E-state index >= 15 is 0 Å². The van der Waals surface area contributed by atoms with Gasteiger partial charge in [-0.3, -0.25) is 9.97 Å². The van der Waals surface area contributed by atoms with Gasteiger partial charge in [0.2, 0.25) is 0 Å². The lowest BCUT2D eigenvalue weighted by Gasteiger charge is -2.34. The van der Waals surface area contributed by atoms with Gasteiger partial charge in [-0.05, 0) is 84.8 Å². The average molecular weight is 598 g/mol. The number of benzene rings is 6. The highest BCUT2D eigenvalue weighted by atomic mass is 14.8. The molecular formula is C44H27N3. The highest BCUT2D eigenvalue weighted by molar-refractivity contribution is 6.15. The van der Waals surface area contributed by atoms with Crippen LogP contribution in [0.2, 0.25) is 0 Å². The largest absolute Gasteiger partial charge is 0.255 e. The van der Waals surface area contributed by atoms with E-state index in [1.165, 1.54) is 54.9 Å². The maximum absolute atomic E-state index is 9.41. The van der Waals surface area contributed by atoms with E-state index in [0.29, 0.717) is 11.3 Å². The fraction of sp³-hybridized carbons (Fsp3) is 0.0227. The minimum Gasteiger partial charge on any atom is -0.255 e. The number of nitriles is 1. The first-order chi connectivity index (χ1) is 23.3. The number of aromatic nitrogens is 2. The first-order valence-corrected chi connectivity index (χ1v) is 15.8. The predicted molar refractivity (Wildman–Crippen MR) is 190 cm³/mol. The number of fused-ring (bicyclic) bond motifs is 7. The van der Waals surface area contributed by atoms with Gasteiger partial charge in [-0.1, -0.05) is 127 Å². The highest BCUT2D eigenvalue weighted by Crippen LogP contribution is 2.60. The third-order valence-electron chi connectivity index (χ3n) is 9.67. The van der Waals surface area contributed by atoms with Gasteiger partial charge < -0.3 is 0 Å². The van der Waals surface area contributed by atoms with Crippen LogP contribution >= 0.6 is 0 Å². The molecule has 6 aromatic carbocycles. The van der Waals surface area contributed by atoms with E-state index in [9.17, 15) is 5.26 Å². The van der Waals surface area contributed by atoms with Crippen molar-refractivity contribution in [2.75, 3.05) is 0 Å². The number of rotatable bonds is 4. The molecule has 47 heavy (non-hydrogen) atoms. The zero-order chi connectivity index (χ0) is 31.4. The Morgan fingerprint density at radius 3 is 1.87 bits per heavy atom.